The topological polar surface area (TPSA) is 55.4 Å². The summed E-state index contributed by atoms with van der Waals surface area (Å²) >= 11 is 12.3. The first kappa shape index (κ1) is 19.0. The summed E-state index contributed by atoms with van der Waals surface area (Å²) in [5, 5.41) is 4.08. The zero-order valence-electron chi connectivity index (χ0n) is 15.2. The fourth-order valence-electron chi connectivity index (χ4n) is 3.84. The Morgan fingerprint density at radius 1 is 1.23 bits per heavy atom. The number of hydrogen-bond donors (Lipinski definition) is 1. The lowest BCUT2D eigenvalue weighted by atomic mass is 9.68. The van der Waals surface area contributed by atoms with Crippen molar-refractivity contribution in [1.29, 1.82) is 0 Å². The molecule has 1 atom stereocenters. The summed E-state index contributed by atoms with van der Waals surface area (Å²) in [7, 11) is 1.34. The molecule has 0 amide bonds. The molecule has 1 aliphatic heterocycles. The highest BCUT2D eigenvalue weighted by atomic mass is 35.5. The zero-order chi connectivity index (χ0) is 19.2. The van der Waals surface area contributed by atoms with Crippen LogP contribution < -0.4 is 5.32 Å². The second-order valence-corrected chi connectivity index (χ2v) is 8.41. The molecule has 0 saturated heterocycles. The Labute approximate surface area is 163 Å². The Balaban J connectivity index is 2.22. The standard InChI is InChI=1S/C20H21Cl2NO3/c1-10-16(19(25)26-4)17(11-5-6-12(21)13(22)7-11)18-14(23-10)8-20(2,3)9-15(18)24/h5-7,17,23H,8-9H2,1-4H3/t17-/m1/s1. The smallest absolute Gasteiger partial charge is 0.336 e. The molecule has 1 N–H and O–H groups in total. The number of halogens is 2. The van der Waals surface area contributed by atoms with E-state index in [9.17, 15) is 9.59 Å². The van der Waals surface area contributed by atoms with Gasteiger partial charge in [-0.25, -0.2) is 4.79 Å². The molecule has 26 heavy (non-hydrogen) atoms. The molecule has 0 fully saturated rings. The maximum Gasteiger partial charge on any atom is 0.336 e. The molecule has 6 heteroatoms. The van der Waals surface area contributed by atoms with Crippen LogP contribution in [0.3, 0.4) is 0 Å². The van der Waals surface area contributed by atoms with Crippen molar-refractivity contribution in [3.63, 3.8) is 0 Å². The number of allylic oxidation sites excluding steroid dienone is 3. The number of benzene rings is 1. The summed E-state index contributed by atoms with van der Waals surface area (Å²) in [4.78, 5) is 25.5. The van der Waals surface area contributed by atoms with E-state index in [2.05, 4.69) is 19.2 Å². The van der Waals surface area contributed by atoms with Gasteiger partial charge in [-0.3, -0.25) is 4.79 Å². The molecule has 0 aromatic heterocycles. The van der Waals surface area contributed by atoms with Crippen LogP contribution in [0.25, 0.3) is 0 Å². The molecule has 0 radical (unpaired) electrons. The van der Waals surface area contributed by atoms with Crippen molar-refractivity contribution in [1.82, 2.24) is 5.32 Å². The van der Waals surface area contributed by atoms with E-state index < -0.39 is 11.9 Å². The average Bonchev–Trinajstić information content (AvgIpc) is 2.54. The first-order chi connectivity index (χ1) is 12.1. The highest BCUT2D eigenvalue weighted by molar-refractivity contribution is 6.42. The van der Waals surface area contributed by atoms with Gasteiger partial charge in [0, 0.05) is 29.3 Å². The number of carbonyl (C=O) groups excluding carboxylic acids is 2. The fraction of sp³-hybridized carbons (Fsp3) is 0.400. The van der Waals surface area contributed by atoms with E-state index in [1.54, 1.807) is 18.2 Å². The number of dihydropyridines is 1. The number of Topliss-reactive ketones (excluding diaryl/α,β-unsaturated/α-hetero) is 1. The van der Waals surface area contributed by atoms with Gasteiger partial charge in [-0.05, 0) is 36.5 Å². The van der Waals surface area contributed by atoms with Crippen molar-refractivity contribution < 1.29 is 14.3 Å². The van der Waals surface area contributed by atoms with Gasteiger partial charge in [0.05, 0.1) is 22.7 Å². The molecular formula is C20H21Cl2NO3. The van der Waals surface area contributed by atoms with Gasteiger partial charge < -0.3 is 10.1 Å². The van der Waals surface area contributed by atoms with Gasteiger partial charge in [0.1, 0.15) is 0 Å². The van der Waals surface area contributed by atoms with E-state index in [1.165, 1.54) is 7.11 Å². The molecule has 0 spiro atoms. The summed E-state index contributed by atoms with van der Waals surface area (Å²) in [6, 6.07) is 5.20. The Hall–Kier alpha value is -1.78. The van der Waals surface area contributed by atoms with Crippen LogP contribution in [0.1, 0.15) is 45.1 Å². The highest BCUT2D eigenvalue weighted by Crippen LogP contribution is 2.47. The van der Waals surface area contributed by atoms with E-state index in [1.807, 2.05) is 6.92 Å². The lowest BCUT2D eigenvalue weighted by Gasteiger charge is -2.39. The second-order valence-electron chi connectivity index (χ2n) is 7.59. The first-order valence-corrected chi connectivity index (χ1v) is 9.17. The molecule has 2 aliphatic rings. The largest absolute Gasteiger partial charge is 0.466 e. The molecule has 1 aromatic rings. The number of ketones is 1. The number of methoxy groups -OCH3 is 1. The molecule has 0 saturated carbocycles. The van der Waals surface area contributed by atoms with Gasteiger partial charge >= 0.3 is 5.97 Å². The molecule has 0 unspecified atom stereocenters. The fourth-order valence-corrected chi connectivity index (χ4v) is 4.15. The average molecular weight is 394 g/mol. The molecule has 3 rings (SSSR count). The van der Waals surface area contributed by atoms with Crippen molar-refractivity contribution in [2.45, 2.75) is 39.5 Å². The van der Waals surface area contributed by atoms with Crippen LogP contribution in [0.15, 0.2) is 40.7 Å². The summed E-state index contributed by atoms with van der Waals surface area (Å²) < 4.78 is 4.99. The lowest BCUT2D eigenvalue weighted by Crippen LogP contribution is -2.38. The molecule has 0 bridgehead atoms. The summed E-state index contributed by atoms with van der Waals surface area (Å²) in [5.74, 6) is -0.943. The number of carbonyl (C=O) groups is 2. The predicted octanol–water partition coefficient (Wildman–Crippen LogP) is 4.77. The number of hydrogen-bond acceptors (Lipinski definition) is 4. The van der Waals surface area contributed by atoms with Crippen molar-refractivity contribution in [2.75, 3.05) is 7.11 Å². The Kier molecular flexibility index (Phi) is 4.93. The first-order valence-electron chi connectivity index (χ1n) is 8.42. The van der Waals surface area contributed by atoms with Crippen LogP contribution >= 0.6 is 23.2 Å². The third-order valence-electron chi connectivity index (χ3n) is 4.92. The Morgan fingerprint density at radius 2 is 1.92 bits per heavy atom. The van der Waals surface area contributed by atoms with E-state index >= 15 is 0 Å². The summed E-state index contributed by atoms with van der Waals surface area (Å²) in [5.41, 5.74) is 3.23. The SMILES string of the molecule is COC(=O)C1=C(C)NC2=C(C(=O)CC(C)(C)C2)[C@@H]1c1ccc(Cl)c(Cl)c1. The highest BCUT2D eigenvalue weighted by Gasteiger charge is 2.43. The molecule has 138 valence electrons. The number of rotatable bonds is 2. The third kappa shape index (κ3) is 3.28. The van der Waals surface area contributed by atoms with Gasteiger partial charge in [0.2, 0.25) is 0 Å². The van der Waals surface area contributed by atoms with Crippen molar-refractivity contribution in [3.05, 3.63) is 56.3 Å². The van der Waals surface area contributed by atoms with E-state index in [0.717, 1.165) is 17.7 Å². The van der Waals surface area contributed by atoms with Crippen LogP contribution in [0, 0.1) is 5.41 Å². The van der Waals surface area contributed by atoms with Crippen LogP contribution in [-0.2, 0) is 14.3 Å². The predicted molar refractivity (Wildman–Crippen MR) is 102 cm³/mol. The minimum Gasteiger partial charge on any atom is -0.466 e. The minimum atomic E-state index is -0.517. The quantitative estimate of drug-likeness (QED) is 0.735. The van der Waals surface area contributed by atoms with E-state index in [-0.39, 0.29) is 11.2 Å². The van der Waals surface area contributed by atoms with E-state index in [0.29, 0.717) is 33.3 Å². The molecule has 1 aliphatic carbocycles. The monoisotopic (exact) mass is 393 g/mol. The minimum absolute atomic E-state index is 0.0359. The maximum absolute atomic E-state index is 13.0. The van der Waals surface area contributed by atoms with Gasteiger partial charge in [0.25, 0.3) is 0 Å². The summed E-state index contributed by atoms with van der Waals surface area (Å²) in [6.45, 7) is 5.96. The van der Waals surface area contributed by atoms with Crippen LogP contribution in [0.5, 0.6) is 0 Å². The molecule has 4 nitrogen and oxygen atoms in total. The second kappa shape index (κ2) is 6.75. The van der Waals surface area contributed by atoms with Crippen LogP contribution in [0.2, 0.25) is 10.0 Å². The van der Waals surface area contributed by atoms with Crippen LogP contribution in [0.4, 0.5) is 0 Å². The molecular weight excluding hydrogens is 373 g/mol. The molecule has 1 aromatic carbocycles. The molecule has 1 heterocycles. The van der Waals surface area contributed by atoms with Gasteiger partial charge in [0.15, 0.2) is 5.78 Å². The van der Waals surface area contributed by atoms with E-state index in [4.69, 9.17) is 27.9 Å². The van der Waals surface area contributed by atoms with Gasteiger partial charge in [-0.2, -0.15) is 0 Å². The number of nitrogens with one attached hydrogen (secondary N) is 1. The van der Waals surface area contributed by atoms with Crippen molar-refractivity contribution in [2.24, 2.45) is 5.41 Å². The number of esters is 1. The normalized spacial score (nSPS) is 22.1. The lowest BCUT2D eigenvalue weighted by molar-refractivity contribution is -0.136. The summed E-state index contributed by atoms with van der Waals surface area (Å²) in [6.07, 6.45) is 1.16. The number of ether oxygens (including phenoxy) is 1. The van der Waals surface area contributed by atoms with Gasteiger partial charge in [-0.15, -0.1) is 0 Å². The van der Waals surface area contributed by atoms with Crippen LogP contribution in [-0.4, -0.2) is 18.9 Å². The Bertz CT molecular complexity index is 868. The van der Waals surface area contributed by atoms with Gasteiger partial charge in [-0.1, -0.05) is 43.1 Å². The van der Waals surface area contributed by atoms with Crippen molar-refractivity contribution >= 4 is 35.0 Å². The third-order valence-corrected chi connectivity index (χ3v) is 5.66. The Morgan fingerprint density at radius 3 is 2.54 bits per heavy atom. The van der Waals surface area contributed by atoms with Crippen molar-refractivity contribution in [3.8, 4) is 0 Å². The maximum atomic E-state index is 13.0. The zero-order valence-corrected chi connectivity index (χ0v) is 16.7.